The molecule has 0 saturated carbocycles. The molecule has 0 atom stereocenters. The lowest BCUT2D eigenvalue weighted by Gasteiger charge is -2.02. The molecule has 0 aliphatic heterocycles. The minimum atomic E-state index is 0.713. The first-order valence-corrected chi connectivity index (χ1v) is 5.19. The lowest BCUT2D eigenvalue weighted by Crippen LogP contribution is -2.16. The molecule has 0 spiro atoms. The van der Waals surface area contributed by atoms with Crippen LogP contribution in [-0.4, -0.2) is 24.5 Å². The fourth-order valence-corrected chi connectivity index (χ4v) is 1.61. The molecular weight excluding hydrogens is 204 g/mol. The number of hydrogen-bond acceptors (Lipinski definition) is 4. The van der Waals surface area contributed by atoms with Gasteiger partial charge in [0, 0.05) is 32.4 Å². The molecule has 2 aromatic rings. The highest BCUT2D eigenvalue weighted by Crippen LogP contribution is 2.04. The molecule has 2 heterocycles. The van der Waals surface area contributed by atoms with Gasteiger partial charge in [0.25, 0.3) is 0 Å². The number of hydrogen-bond donors (Lipinski definition) is 1. The molecule has 0 radical (unpaired) electrons. The normalized spacial score (nSPS) is 10.9. The van der Waals surface area contributed by atoms with Gasteiger partial charge in [0.15, 0.2) is 0 Å². The van der Waals surface area contributed by atoms with Gasteiger partial charge in [0.1, 0.15) is 12.2 Å². The van der Waals surface area contributed by atoms with Crippen LogP contribution in [0.15, 0.2) is 12.5 Å². The van der Waals surface area contributed by atoms with E-state index in [-0.39, 0.29) is 0 Å². The summed E-state index contributed by atoms with van der Waals surface area (Å²) in [5, 5.41) is 11.6. The second kappa shape index (κ2) is 4.44. The zero-order valence-electron chi connectivity index (χ0n) is 9.80. The molecule has 2 aromatic heterocycles. The van der Waals surface area contributed by atoms with Crippen LogP contribution in [0, 0.1) is 6.92 Å². The predicted octanol–water partition coefficient (Wildman–Crippen LogP) is 0.147. The van der Waals surface area contributed by atoms with Crippen LogP contribution in [0.1, 0.15) is 17.1 Å². The third kappa shape index (κ3) is 2.27. The van der Waals surface area contributed by atoms with Gasteiger partial charge in [-0.2, -0.15) is 10.2 Å². The maximum atomic E-state index is 4.29. The van der Waals surface area contributed by atoms with E-state index in [9.17, 15) is 0 Å². The number of nitrogens with zero attached hydrogens (tertiary/aromatic N) is 5. The highest BCUT2D eigenvalue weighted by atomic mass is 15.3. The molecule has 16 heavy (non-hydrogen) atoms. The van der Waals surface area contributed by atoms with Crippen LogP contribution in [0.2, 0.25) is 0 Å². The van der Waals surface area contributed by atoms with Crippen LogP contribution in [0.5, 0.6) is 0 Å². The van der Waals surface area contributed by atoms with Crippen molar-refractivity contribution < 1.29 is 0 Å². The van der Waals surface area contributed by atoms with Gasteiger partial charge in [-0.1, -0.05) is 0 Å². The zero-order chi connectivity index (χ0) is 11.5. The molecule has 0 aliphatic rings. The van der Waals surface area contributed by atoms with Gasteiger partial charge in [-0.3, -0.25) is 9.36 Å². The molecule has 0 saturated heterocycles. The summed E-state index contributed by atoms with van der Waals surface area (Å²) < 4.78 is 3.60. The molecule has 0 bridgehead atoms. The van der Waals surface area contributed by atoms with Gasteiger partial charge in [-0.25, -0.2) is 4.98 Å². The maximum absolute atomic E-state index is 4.29. The summed E-state index contributed by atoms with van der Waals surface area (Å²) in [6.07, 6.45) is 3.59. The van der Waals surface area contributed by atoms with Crippen molar-refractivity contribution >= 4 is 0 Å². The highest BCUT2D eigenvalue weighted by Gasteiger charge is 2.03. The fraction of sp³-hybridized carbons (Fsp3) is 0.500. The van der Waals surface area contributed by atoms with Gasteiger partial charge < -0.3 is 5.32 Å². The summed E-state index contributed by atoms with van der Waals surface area (Å²) in [6.45, 7) is 3.52. The Balaban J connectivity index is 1.89. The quantitative estimate of drug-likeness (QED) is 0.796. The lowest BCUT2D eigenvalue weighted by atomic mass is 10.2. The minimum absolute atomic E-state index is 0.713. The van der Waals surface area contributed by atoms with E-state index in [0.717, 1.165) is 18.1 Å². The maximum Gasteiger partial charge on any atom is 0.140 e. The Morgan fingerprint density at radius 3 is 2.69 bits per heavy atom. The first-order chi connectivity index (χ1) is 7.66. The van der Waals surface area contributed by atoms with E-state index in [4.69, 9.17) is 0 Å². The van der Waals surface area contributed by atoms with Crippen molar-refractivity contribution in [2.45, 2.75) is 20.0 Å². The minimum Gasteiger partial charge on any atom is -0.306 e. The van der Waals surface area contributed by atoms with Crippen LogP contribution in [0.25, 0.3) is 0 Å². The Hall–Kier alpha value is -1.69. The van der Waals surface area contributed by atoms with E-state index in [0.29, 0.717) is 6.54 Å². The Kier molecular flexibility index (Phi) is 3.00. The van der Waals surface area contributed by atoms with Gasteiger partial charge >= 0.3 is 0 Å². The molecule has 1 N–H and O–H groups in total. The van der Waals surface area contributed by atoms with Crippen molar-refractivity contribution in [1.82, 2.24) is 29.9 Å². The second-order valence-electron chi connectivity index (χ2n) is 3.82. The van der Waals surface area contributed by atoms with Gasteiger partial charge in [0.05, 0.1) is 12.2 Å². The molecule has 0 amide bonds. The van der Waals surface area contributed by atoms with Crippen LogP contribution in [0.3, 0.4) is 0 Å². The number of aryl methyl sites for hydroxylation is 3. The predicted molar refractivity (Wildman–Crippen MR) is 59.5 cm³/mol. The number of nitrogens with one attached hydrogen (secondary N) is 1. The van der Waals surface area contributed by atoms with Crippen molar-refractivity contribution in [3.63, 3.8) is 0 Å². The molecule has 86 valence electrons. The van der Waals surface area contributed by atoms with Gasteiger partial charge in [-0.15, -0.1) is 0 Å². The third-order valence-corrected chi connectivity index (χ3v) is 2.52. The van der Waals surface area contributed by atoms with Crippen molar-refractivity contribution in [1.29, 1.82) is 0 Å². The first kappa shape index (κ1) is 10.8. The lowest BCUT2D eigenvalue weighted by molar-refractivity contribution is 0.613. The summed E-state index contributed by atoms with van der Waals surface area (Å²) in [7, 11) is 3.82. The van der Waals surface area contributed by atoms with E-state index >= 15 is 0 Å². The van der Waals surface area contributed by atoms with Crippen LogP contribution < -0.4 is 5.32 Å². The molecule has 6 heteroatoms. The van der Waals surface area contributed by atoms with Crippen molar-refractivity contribution in [3.05, 3.63) is 29.6 Å². The largest absolute Gasteiger partial charge is 0.306 e. The Morgan fingerprint density at radius 2 is 2.12 bits per heavy atom. The summed E-state index contributed by atoms with van der Waals surface area (Å²) in [5.41, 5.74) is 2.28. The molecule has 0 unspecified atom stereocenters. The van der Waals surface area contributed by atoms with E-state index < -0.39 is 0 Å². The summed E-state index contributed by atoms with van der Waals surface area (Å²) in [4.78, 5) is 4.14. The molecule has 0 fully saturated rings. The molecular formula is C10H16N6. The van der Waals surface area contributed by atoms with Crippen LogP contribution in [0.4, 0.5) is 0 Å². The van der Waals surface area contributed by atoms with Crippen molar-refractivity contribution in [2.24, 2.45) is 14.1 Å². The van der Waals surface area contributed by atoms with Crippen molar-refractivity contribution in [3.8, 4) is 0 Å². The summed E-state index contributed by atoms with van der Waals surface area (Å²) in [6, 6.07) is 0. The first-order valence-electron chi connectivity index (χ1n) is 5.19. The molecule has 0 aromatic carbocycles. The molecule has 6 nitrogen and oxygen atoms in total. The second-order valence-corrected chi connectivity index (χ2v) is 3.82. The van der Waals surface area contributed by atoms with Crippen LogP contribution >= 0.6 is 0 Å². The molecule has 2 rings (SSSR count). The van der Waals surface area contributed by atoms with Gasteiger partial charge in [-0.05, 0) is 6.92 Å². The van der Waals surface area contributed by atoms with Crippen molar-refractivity contribution in [2.75, 3.05) is 0 Å². The summed E-state index contributed by atoms with van der Waals surface area (Å²) >= 11 is 0. The Morgan fingerprint density at radius 1 is 1.31 bits per heavy atom. The third-order valence-electron chi connectivity index (χ3n) is 2.52. The smallest absolute Gasteiger partial charge is 0.140 e. The van der Waals surface area contributed by atoms with E-state index in [1.165, 1.54) is 5.56 Å². The topological polar surface area (TPSA) is 60.6 Å². The van der Waals surface area contributed by atoms with E-state index in [1.807, 2.05) is 31.9 Å². The Bertz CT molecular complexity index is 469. The highest BCUT2D eigenvalue weighted by molar-refractivity contribution is 5.14. The Labute approximate surface area is 94.3 Å². The summed E-state index contributed by atoms with van der Waals surface area (Å²) in [5.74, 6) is 0.932. The SMILES string of the molecule is Cc1nn(C)cc1CNCc1ncnn1C. The molecule has 0 aliphatic carbocycles. The average Bonchev–Trinajstić information content (AvgIpc) is 2.75. The average molecular weight is 220 g/mol. The van der Waals surface area contributed by atoms with E-state index in [2.05, 4.69) is 20.5 Å². The van der Waals surface area contributed by atoms with E-state index in [1.54, 1.807) is 11.0 Å². The van der Waals surface area contributed by atoms with Gasteiger partial charge in [0.2, 0.25) is 0 Å². The number of aromatic nitrogens is 5. The van der Waals surface area contributed by atoms with Crippen LogP contribution in [-0.2, 0) is 27.2 Å². The monoisotopic (exact) mass is 220 g/mol. The number of rotatable bonds is 4. The fourth-order valence-electron chi connectivity index (χ4n) is 1.61. The zero-order valence-corrected chi connectivity index (χ0v) is 9.80. The standard InChI is InChI=1S/C10H16N6/c1-8-9(6-15(2)14-8)4-11-5-10-12-7-13-16(10)3/h6-7,11H,4-5H2,1-3H3.